The van der Waals surface area contributed by atoms with Gasteiger partial charge < -0.3 is 0 Å². The third-order valence-electron chi connectivity index (χ3n) is 3.23. The molecule has 0 unspecified atom stereocenters. The van der Waals surface area contributed by atoms with E-state index in [1.54, 1.807) is 6.08 Å². The zero-order valence-corrected chi connectivity index (χ0v) is 9.60. The van der Waals surface area contributed by atoms with E-state index >= 15 is 0 Å². The summed E-state index contributed by atoms with van der Waals surface area (Å²) in [5.74, 6) is 0.583. The number of allylic oxidation sites excluding steroid dienone is 1. The highest BCUT2D eigenvalue weighted by molar-refractivity contribution is 5.99. The molecular weight excluding hydrogens is 208 g/mol. The van der Waals surface area contributed by atoms with Gasteiger partial charge in [-0.05, 0) is 35.3 Å². The van der Waals surface area contributed by atoms with Crippen molar-refractivity contribution in [2.24, 2.45) is 5.92 Å². The van der Waals surface area contributed by atoms with Crippen molar-refractivity contribution in [3.8, 4) is 0 Å². The predicted octanol–water partition coefficient (Wildman–Crippen LogP) is 3.83. The minimum Gasteiger partial charge on any atom is -0.295 e. The zero-order chi connectivity index (χ0) is 11.7. The fourth-order valence-electron chi connectivity index (χ4n) is 2.07. The van der Waals surface area contributed by atoms with Crippen LogP contribution in [0.3, 0.4) is 0 Å². The molecule has 0 spiro atoms. The Kier molecular flexibility index (Phi) is 2.52. The van der Waals surface area contributed by atoms with Crippen LogP contribution in [-0.4, -0.2) is 5.78 Å². The molecule has 0 atom stereocenters. The maximum atomic E-state index is 11.6. The summed E-state index contributed by atoms with van der Waals surface area (Å²) in [6, 6.07) is 14.4. The summed E-state index contributed by atoms with van der Waals surface area (Å²) >= 11 is 0. The van der Waals surface area contributed by atoms with Gasteiger partial charge in [-0.1, -0.05) is 48.5 Å². The molecule has 2 aromatic carbocycles. The van der Waals surface area contributed by atoms with E-state index in [-0.39, 0.29) is 5.78 Å². The molecule has 1 aliphatic carbocycles. The second-order valence-electron chi connectivity index (χ2n) is 4.58. The van der Waals surface area contributed by atoms with Gasteiger partial charge in [0.25, 0.3) is 0 Å². The molecule has 0 heterocycles. The molecule has 0 aliphatic heterocycles. The van der Waals surface area contributed by atoms with E-state index in [4.69, 9.17) is 0 Å². The first-order chi connectivity index (χ1) is 8.34. The smallest absolute Gasteiger partial charge is 0.158 e. The van der Waals surface area contributed by atoms with Crippen LogP contribution in [0, 0.1) is 5.92 Å². The van der Waals surface area contributed by atoms with E-state index in [1.165, 1.54) is 10.8 Å². The number of rotatable bonds is 3. The number of benzene rings is 2. The van der Waals surface area contributed by atoms with Gasteiger partial charge in [0, 0.05) is 5.92 Å². The van der Waals surface area contributed by atoms with E-state index in [0.717, 1.165) is 18.4 Å². The van der Waals surface area contributed by atoms with Crippen molar-refractivity contribution in [2.75, 3.05) is 0 Å². The lowest BCUT2D eigenvalue weighted by molar-refractivity contribution is -0.115. The Hall–Kier alpha value is -1.89. The highest BCUT2D eigenvalue weighted by atomic mass is 16.1. The summed E-state index contributed by atoms with van der Waals surface area (Å²) in [5, 5.41) is 2.42. The summed E-state index contributed by atoms with van der Waals surface area (Å²) < 4.78 is 0. The zero-order valence-electron chi connectivity index (χ0n) is 9.60. The van der Waals surface area contributed by atoms with Crippen LogP contribution in [0.5, 0.6) is 0 Å². The summed E-state index contributed by atoms with van der Waals surface area (Å²) in [7, 11) is 0. The number of hydrogen-bond donors (Lipinski definition) is 0. The fourth-order valence-corrected chi connectivity index (χ4v) is 2.07. The fraction of sp³-hybridized carbons (Fsp3) is 0.188. The van der Waals surface area contributed by atoms with Crippen LogP contribution in [0.2, 0.25) is 0 Å². The maximum absolute atomic E-state index is 11.6. The first-order valence-corrected chi connectivity index (χ1v) is 6.04. The molecule has 1 aliphatic rings. The lowest BCUT2D eigenvalue weighted by Crippen LogP contribution is -1.93. The second-order valence-corrected chi connectivity index (χ2v) is 4.58. The molecule has 1 saturated carbocycles. The standard InChI is InChI=1S/C16H14O/c17-16(14-8-9-14)11-10-13-6-3-5-12-4-1-2-7-15(12)13/h1-7,10-11,14H,8-9H2/b11-10+. The Morgan fingerprint density at radius 2 is 1.82 bits per heavy atom. The van der Waals surface area contributed by atoms with Crippen LogP contribution in [0.15, 0.2) is 48.5 Å². The molecule has 17 heavy (non-hydrogen) atoms. The van der Waals surface area contributed by atoms with Gasteiger partial charge in [-0.25, -0.2) is 0 Å². The van der Waals surface area contributed by atoms with Crippen LogP contribution < -0.4 is 0 Å². The van der Waals surface area contributed by atoms with Crippen molar-refractivity contribution in [1.82, 2.24) is 0 Å². The molecule has 0 bridgehead atoms. The SMILES string of the molecule is O=C(/C=C/c1cccc2ccccc12)C1CC1. The highest BCUT2D eigenvalue weighted by Gasteiger charge is 2.27. The average Bonchev–Trinajstić information content (AvgIpc) is 3.20. The van der Waals surface area contributed by atoms with Gasteiger partial charge in [0.1, 0.15) is 0 Å². The van der Waals surface area contributed by atoms with Crippen molar-refractivity contribution < 1.29 is 4.79 Å². The predicted molar refractivity (Wildman–Crippen MR) is 70.7 cm³/mol. The summed E-state index contributed by atoms with van der Waals surface area (Å²) in [6.45, 7) is 0. The molecule has 3 rings (SSSR count). The minimum absolute atomic E-state index is 0.276. The van der Waals surface area contributed by atoms with Crippen LogP contribution >= 0.6 is 0 Å². The number of fused-ring (bicyclic) bond motifs is 1. The highest BCUT2D eigenvalue weighted by Crippen LogP contribution is 2.30. The number of carbonyl (C=O) groups excluding carboxylic acids is 1. The lowest BCUT2D eigenvalue weighted by atomic mass is 10.0. The molecular formula is C16H14O. The second kappa shape index (κ2) is 4.17. The first kappa shape index (κ1) is 10.3. The largest absolute Gasteiger partial charge is 0.295 e. The van der Waals surface area contributed by atoms with Crippen molar-refractivity contribution in [3.05, 3.63) is 54.1 Å². The minimum atomic E-state index is 0.276. The normalized spacial score (nSPS) is 15.5. The van der Waals surface area contributed by atoms with Gasteiger partial charge in [0.05, 0.1) is 0 Å². The van der Waals surface area contributed by atoms with E-state index in [2.05, 4.69) is 24.3 Å². The van der Waals surface area contributed by atoms with Crippen LogP contribution in [0.25, 0.3) is 16.8 Å². The molecule has 0 radical (unpaired) electrons. The third-order valence-corrected chi connectivity index (χ3v) is 3.23. The van der Waals surface area contributed by atoms with Crippen molar-refractivity contribution in [2.45, 2.75) is 12.8 Å². The average molecular weight is 222 g/mol. The molecule has 0 saturated heterocycles. The van der Waals surface area contributed by atoms with Gasteiger partial charge in [-0.3, -0.25) is 4.79 Å². The van der Waals surface area contributed by atoms with Crippen molar-refractivity contribution in [3.63, 3.8) is 0 Å². The van der Waals surface area contributed by atoms with Gasteiger partial charge in [-0.15, -0.1) is 0 Å². The lowest BCUT2D eigenvalue weighted by Gasteiger charge is -2.01. The molecule has 0 N–H and O–H groups in total. The summed E-state index contributed by atoms with van der Waals surface area (Å²) in [5.41, 5.74) is 1.12. The molecule has 1 nitrogen and oxygen atoms in total. The van der Waals surface area contributed by atoms with Crippen molar-refractivity contribution >= 4 is 22.6 Å². The maximum Gasteiger partial charge on any atom is 0.158 e. The Morgan fingerprint density at radius 1 is 1.06 bits per heavy atom. The van der Waals surface area contributed by atoms with Crippen LogP contribution in [0.4, 0.5) is 0 Å². The number of hydrogen-bond acceptors (Lipinski definition) is 1. The third kappa shape index (κ3) is 2.14. The van der Waals surface area contributed by atoms with Crippen LogP contribution in [-0.2, 0) is 4.79 Å². The van der Waals surface area contributed by atoms with E-state index in [0.29, 0.717) is 5.92 Å². The van der Waals surface area contributed by atoms with Gasteiger partial charge in [0.2, 0.25) is 0 Å². The summed E-state index contributed by atoms with van der Waals surface area (Å²) in [4.78, 5) is 11.6. The quantitative estimate of drug-likeness (QED) is 0.721. The first-order valence-electron chi connectivity index (χ1n) is 6.04. The number of ketones is 1. The molecule has 0 amide bonds. The Labute approximate surface area is 101 Å². The monoisotopic (exact) mass is 222 g/mol. The van der Waals surface area contributed by atoms with E-state index < -0.39 is 0 Å². The van der Waals surface area contributed by atoms with Gasteiger partial charge >= 0.3 is 0 Å². The molecule has 2 aromatic rings. The summed E-state index contributed by atoms with van der Waals surface area (Å²) in [6.07, 6.45) is 5.82. The Bertz CT molecular complexity index is 586. The topological polar surface area (TPSA) is 17.1 Å². The molecule has 0 aromatic heterocycles. The molecule has 1 fully saturated rings. The Balaban J connectivity index is 1.96. The van der Waals surface area contributed by atoms with Crippen molar-refractivity contribution in [1.29, 1.82) is 0 Å². The van der Waals surface area contributed by atoms with Crippen LogP contribution in [0.1, 0.15) is 18.4 Å². The Morgan fingerprint density at radius 3 is 2.65 bits per heavy atom. The van der Waals surface area contributed by atoms with Gasteiger partial charge in [0.15, 0.2) is 5.78 Å². The van der Waals surface area contributed by atoms with E-state index in [9.17, 15) is 4.79 Å². The van der Waals surface area contributed by atoms with Gasteiger partial charge in [-0.2, -0.15) is 0 Å². The molecule has 1 heteroatoms. The van der Waals surface area contributed by atoms with E-state index in [1.807, 2.05) is 24.3 Å². The molecule has 84 valence electrons. The number of carbonyl (C=O) groups is 1.